The maximum atomic E-state index is 6.03. The molecule has 0 saturated heterocycles. The van der Waals surface area contributed by atoms with Gasteiger partial charge in [-0.1, -0.05) is 67.4 Å². The fourth-order valence-corrected chi connectivity index (χ4v) is 2.91. The molecule has 2 aromatic rings. The molecule has 0 aliphatic carbocycles. The van der Waals surface area contributed by atoms with E-state index in [9.17, 15) is 0 Å². The summed E-state index contributed by atoms with van der Waals surface area (Å²) in [5, 5.41) is 4.94. The van der Waals surface area contributed by atoms with Gasteiger partial charge in [-0.3, -0.25) is 0 Å². The van der Waals surface area contributed by atoms with Crippen LogP contribution in [-0.2, 0) is 6.54 Å². The summed E-state index contributed by atoms with van der Waals surface area (Å²) in [6.07, 6.45) is 0. The minimum Gasteiger partial charge on any atom is -0.306 e. The van der Waals surface area contributed by atoms with Crippen molar-refractivity contribution in [3.8, 4) is 0 Å². The van der Waals surface area contributed by atoms with Gasteiger partial charge in [-0.05, 0) is 35.2 Å². The third-order valence-electron chi connectivity index (χ3n) is 3.27. The van der Waals surface area contributed by atoms with Crippen LogP contribution in [0.1, 0.15) is 31.0 Å². The van der Waals surface area contributed by atoms with E-state index < -0.39 is 0 Å². The largest absolute Gasteiger partial charge is 0.306 e. The number of hydrogen-bond acceptors (Lipinski definition) is 1. The van der Waals surface area contributed by atoms with Crippen LogP contribution in [0.25, 0.3) is 0 Å². The molecule has 1 atom stereocenters. The van der Waals surface area contributed by atoms with Gasteiger partial charge >= 0.3 is 0 Å². The molecule has 1 nitrogen and oxygen atoms in total. The fraction of sp³-hybridized carbons (Fsp3) is 0.294. The van der Waals surface area contributed by atoms with Gasteiger partial charge < -0.3 is 5.32 Å². The van der Waals surface area contributed by atoms with Gasteiger partial charge in [0.2, 0.25) is 0 Å². The molecule has 3 heteroatoms. The number of halogens is 2. The predicted octanol–water partition coefficient (Wildman–Crippen LogP) is 5.48. The van der Waals surface area contributed by atoms with Crippen LogP contribution >= 0.6 is 23.2 Å². The lowest BCUT2D eigenvalue weighted by Crippen LogP contribution is -2.25. The number of benzene rings is 2. The lowest BCUT2D eigenvalue weighted by atomic mass is 9.96. The standard InChI is InChI=1S/C17H19Cl2N/c1-12(2)17(14-6-4-3-5-7-14)20-11-13-8-15(18)10-16(19)9-13/h3-10,12,17,20H,11H2,1-2H3. The minimum atomic E-state index is 0.314. The smallest absolute Gasteiger partial charge is 0.0424 e. The van der Waals surface area contributed by atoms with Crippen LogP contribution < -0.4 is 5.32 Å². The number of nitrogens with one attached hydrogen (secondary N) is 1. The first kappa shape index (κ1) is 15.4. The second kappa shape index (κ2) is 7.12. The third kappa shape index (κ3) is 4.24. The van der Waals surface area contributed by atoms with Gasteiger partial charge in [0.1, 0.15) is 0 Å². The van der Waals surface area contributed by atoms with Crippen LogP contribution in [0, 0.1) is 5.92 Å². The summed E-state index contributed by atoms with van der Waals surface area (Å²) in [6, 6.07) is 16.5. The Hall–Kier alpha value is -1.02. The summed E-state index contributed by atoms with van der Waals surface area (Å²) >= 11 is 12.1. The average molecular weight is 308 g/mol. The van der Waals surface area contributed by atoms with E-state index in [1.807, 2.05) is 18.2 Å². The van der Waals surface area contributed by atoms with Crippen LogP contribution in [-0.4, -0.2) is 0 Å². The van der Waals surface area contributed by atoms with Crippen LogP contribution in [0.4, 0.5) is 0 Å². The van der Waals surface area contributed by atoms with Crippen molar-refractivity contribution in [2.45, 2.75) is 26.4 Å². The lowest BCUT2D eigenvalue weighted by Gasteiger charge is -2.23. The Labute approximate surface area is 130 Å². The minimum absolute atomic E-state index is 0.314. The second-order valence-electron chi connectivity index (χ2n) is 5.29. The van der Waals surface area contributed by atoms with Crippen molar-refractivity contribution >= 4 is 23.2 Å². The lowest BCUT2D eigenvalue weighted by molar-refractivity contribution is 0.410. The van der Waals surface area contributed by atoms with Crippen LogP contribution in [0.15, 0.2) is 48.5 Å². The van der Waals surface area contributed by atoms with Crippen molar-refractivity contribution in [2.75, 3.05) is 0 Å². The van der Waals surface area contributed by atoms with Crippen molar-refractivity contribution in [1.82, 2.24) is 5.32 Å². The fourth-order valence-electron chi connectivity index (χ4n) is 2.34. The molecule has 0 amide bonds. The van der Waals surface area contributed by atoms with Crippen molar-refractivity contribution in [1.29, 1.82) is 0 Å². The summed E-state index contributed by atoms with van der Waals surface area (Å²) in [5.74, 6) is 0.507. The molecule has 20 heavy (non-hydrogen) atoms. The van der Waals surface area contributed by atoms with Gasteiger partial charge in [0.15, 0.2) is 0 Å². The first-order valence-corrected chi connectivity index (χ1v) is 7.55. The first-order chi connectivity index (χ1) is 9.56. The SMILES string of the molecule is CC(C)C(NCc1cc(Cl)cc(Cl)c1)c1ccccc1. The molecule has 0 aliphatic heterocycles. The highest BCUT2D eigenvalue weighted by Crippen LogP contribution is 2.23. The highest BCUT2D eigenvalue weighted by atomic mass is 35.5. The zero-order valence-corrected chi connectivity index (χ0v) is 13.2. The van der Waals surface area contributed by atoms with Crippen LogP contribution in [0.2, 0.25) is 10.0 Å². The van der Waals surface area contributed by atoms with E-state index in [4.69, 9.17) is 23.2 Å². The van der Waals surface area contributed by atoms with Gasteiger partial charge in [-0.25, -0.2) is 0 Å². The van der Waals surface area contributed by atoms with Gasteiger partial charge in [-0.15, -0.1) is 0 Å². The van der Waals surface area contributed by atoms with Gasteiger partial charge in [0, 0.05) is 22.6 Å². The zero-order chi connectivity index (χ0) is 14.5. The van der Waals surface area contributed by atoms with Crippen LogP contribution in [0.3, 0.4) is 0 Å². The van der Waals surface area contributed by atoms with E-state index in [1.54, 1.807) is 6.07 Å². The van der Waals surface area contributed by atoms with Gasteiger partial charge in [0.05, 0.1) is 0 Å². The Morgan fingerprint density at radius 3 is 2.10 bits per heavy atom. The molecule has 106 valence electrons. The van der Waals surface area contributed by atoms with Crippen molar-refractivity contribution in [2.24, 2.45) is 5.92 Å². The topological polar surface area (TPSA) is 12.0 Å². The van der Waals surface area contributed by atoms with Crippen LogP contribution in [0.5, 0.6) is 0 Å². The second-order valence-corrected chi connectivity index (χ2v) is 6.16. The molecule has 2 rings (SSSR count). The Kier molecular flexibility index (Phi) is 5.47. The van der Waals surface area contributed by atoms with E-state index in [0.717, 1.165) is 12.1 Å². The average Bonchev–Trinajstić information content (AvgIpc) is 2.38. The normalized spacial score (nSPS) is 12.7. The van der Waals surface area contributed by atoms with Crippen molar-refractivity contribution < 1.29 is 0 Å². The molecular weight excluding hydrogens is 289 g/mol. The molecule has 0 bridgehead atoms. The van der Waals surface area contributed by atoms with E-state index in [0.29, 0.717) is 22.0 Å². The first-order valence-electron chi connectivity index (χ1n) is 6.79. The number of hydrogen-bond donors (Lipinski definition) is 1. The highest BCUT2D eigenvalue weighted by molar-refractivity contribution is 6.34. The van der Waals surface area contributed by atoms with E-state index >= 15 is 0 Å². The summed E-state index contributed by atoms with van der Waals surface area (Å²) in [4.78, 5) is 0. The maximum Gasteiger partial charge on any atom is 0.0424 e. The van der Waals surface area contributed by atoms with E-state index in [2.05, 4.69) is 43.4 Å². The molecule has 0 saturated carbocycles. The van der Waals surface area contributed by atoms with E-state index in [-0.39, 0.29) is 0 Å². The Morgan fingerprint density at radius 1 is 0.950 bits per heavy atom. The Bertz CT molecular complexity index is 532. The molecule has 1 N–H and O–H groups in total. The molecule has 0 spiro atoms. The Balaban J connectivity index is 2.10. The molecule has 0 fully saturated rings. The van der Waals surface area contributed by atoms with Crippen molar-refractivity contribution in [3.05, 3.63) is 69.7 Å². The molecule has 0 aliphatic rings. The zero-order valence-electron chi connectivity index (χ0n) is 11.7. The van der Waals surface area contributed by atoms with Crippen molar-refractivity contribution in [3.63, 3.8) is 0 Å². The quantitative estimate of drug-likeness (QED) is 0.771. The summed E-state index contributed by atoms with van der Waals surface area (Å²) in [5.41, 5.74) is 2.40. The molecular formula is C17H19Cl2N. The number of rotatable bonds is 5. The van der Waals surface area contributed by atoms with E-state index in [1.165, 1.54) is 5.56 Å². The molecule has 2 aromatic carbocycles. The predicted molar refractivity (Wildman–Crippen MR) is 87.3 cm³/mol. The summed E-state index contributed by atoms with van der Waals surface area (Å²) < 4.78 is 0. The Morgan fingerprint density at radius 2 is 1.55 bits per heavy atom. The molecule has 0 aromatic heterocycles. The summed E-state index contributed by atoms with van der Waals surface area (Å²) in [6.45, 7) is 5.18. The molecule has 1 unspecified atom stereocenters. The highest BCUT2D eigenvalue weighted by Gasteiger charge is 2.14. The maximum absolute atomic E-state index is 6.03. The molecule has 0 heterocycles. The van der Waals surface area contributed by atoms with Gasteiger partial charge in [-0.2, -0.15) is 0 Å². The third-order valence-corrected chi connectivity index (χ3v) is 3.71. The van der Waals surface area contributed by atoms with Gasteiger partial charge in [0.25, 0.3) is 0 Å². The molecule has 0 radical (unpaired) electrons. The summed E-state index contributed by atoms with van der Waals surface area (Å²) in [7, 11) is 0. The monoisotopic (exact) mass is 307 g/mol.